The summed E-state index contributed by atoms with van der Waals surface area (Å²) in [5, 5.41) is 0. The molecule has 0 bridgehead atoms. The first-order chi connectivity index (χ1) is 7.69. The molecule has 1 aliphatic rings. The molecule has 96 valence electrons. The Kier molecular flexibility index (Phi) is 5.60. The number of nitrogens with two attached hydrogens (primary N) is 1. The summed E-state index contributed by atoms with van der Waals surface area (Å²) < 4.78 is 26.7. The fourth-order valence-electron chi connectivity index (χ4n) is 2.06. The summed E-state index contributed by atoms with van der Waals surface area (Å²) in [5.74, 6) is 0. The van der Waals surface area contributed by atoms with Crippen molar-refractivity contribution in [2.75, 3.05) is 35.0 Å². The average molecular weight is 235 g/mol. The third kappa shape index (κ3) is 2.71. The lowest BCUT2D eigenvalue weighted by molar-refractivity contribution is -0.248. The quantitative estimate of drug-likeness (QED) is 0.683. The van der Waals surface area contributed by atoms with Gasteiger partial charge in [0, 0.05) is 28.4 Å². The Balaban J connectivity index is 2.78. The Morgan fingerprint density at radius 3 is 1.94 bits per heavy atom. The predicted octanol–water partition coefficient (Wildman–Crippen LogP) is -0.639. The molecule has 0 radical (unpaired) electrons. The van der Waals surface area contributed by atoms with Gasteiger partial charge < -0.3 is 29.4 Å². The summed E-state index contributed by atoms with van der Waals surface area (Å²) in [6.07, 6.45) is -1.65. The topological polar surface area (TPSA) is 72.2 Å². The van der Waals surface area contributed by atoms with E-state index in [0.717, 1.165) is 0 Å². The lowest BCUT2D eigenvalue weighted by Crippen LogP contribution is -2.63. The van der Waals surface area contributed by atoms with Gasteiger partial charge in [0.05, 0.1) is 6.61 Å². The van der Waals surface area contributed by atoms with Gasteiger partial charge >= 0.3 is 0 Å². The number of ether oxygens (including phenoxy) is 5. The number of rotatable bonds is 5. The molecule has 1 saturated heterocycles. The highest BCUT2D eigenvalue weighted by molar-refractivity contribution is 4.92. The summed E-state index contributed by atoms with van der Waals surface area (Å²) in [5.41, 5.74) is 5.85. The summed E-state index contributed by atoms with van der Waals surface area (Å²) in [6.45, 7) is 0.405. The molecular formula is C10H21NO5. The van der Waals surface area contributed by atoms with Crippen LogP contribution in [0.5, 0.6) is 0 Å². The van der Waals surface area contributed by atoms with Crippen molar-refractivity contribution in [3.05, 3.63) is 0 Å². The first-order valence-electron chi connectivity index (χ1n) is 5.18. The molecule has 16 heavy (non-hydrogen) atoms. The van der Waals surface area contributed by atoms with Gasteiger partial charge in [-0.15, -0.1) is 0 Å². The van der Waals surface area contributed by atoms with Crippen LogP contribution in [-0.2, 0) is 23.7 Å². The maximum Gasteiger partial charge on any atom is 0.135 e. The summed E-state index contributed by atoms with van der Waals surface area (Å²) in [4.78, 5) is 0. The Morgan fingerprint density at radius 2 is 1.50 bits per heavy atom. The average Bonchev–Trinajstić information content (AvgIpc) is 2.28. The van der Waals surface area contributed by atoms with Gasteiger partial charge in [-0.3, -0.25) is 0 Å². The van der Waals surface area contributed by atoms with E-state index in [4.69, 9.17) is 29.4 Å². The standard InChI is InChI=1S/C10H21NO5/c1-12-5-6-7(13-2)8(14-3)9(15-4)10(11)16-6/h6-10H,5,11H2,1-4H3/t6-,7-,8+,9-,10-/m1/s1. The van der Waals surface area contributed by atoms with Crippen LogP contribution >= 0.6 is 0 Å². The maximum absolute atomic E-state index is 5.85. The van der Waals surface area contributed by atoms with E-state index in [0.29, 0.717) is 6.61 Å². The Labute approximate surface area is 95.9 Å². The molecule has 0 aliphatic carbocycles. The largest absolute Gasteiger partial charge is 0.382 e. The van der Waals surface area contributed by atoms with Gasteiger partial charge in [0.15, 0.2) is 0 Å². The van der Waals surface area contributed by atoms with E-state index in [1.165, 1.54) is 0 Å². The van der Waals surface area contributed by atoms with Crippen LogP contribution in [0.3, 0.4) is 0 Å². The fraction of sp³-hybridized carbons (Fsp3) is 1.00. The SMILES string of the molecule is COC[C@H]1O[C@@H](N)[C@H](OC)[C@@H](OC)[C@@H]1OC. The van der Waals surface area contributed by atoms with E-state index in [1.54, 1.807) is 28.4 Å². The minimum atomic E-state index is -0.540. The number of methoxy groups -OCH3 is 4. The highest BCUT2D eigenvalue weighted by Gasteiger charge is 2.45. The van der Waals surface area contributed by atoms with E-state index in [1.807, 2.05) is 0 Å². The molecule has 2 N–H and O–H groups in total. The van der Waals surface area contributed by atoms with Gasteiger partial charge in [0.1, 0.15) is 30.6 Å². The van der Waals surface area contributed by atoms with E-state index >= 15 is 0 Å². The van der Waals surface area contributed by atoms with Crippen molar-refractivity contribution < 1.29 is 23.7 Å². The van der Waals surface area contributed by atoms with Crippen molar-refractivity contribution in [3.63, 3.8) is 0 Å². The van der Waals surface area contributed by atoms with Crippen molar-refractivity contribution in [2.45, 2.75) is 30.6 Å². The van der Waals surface area contributed by atoms with Crippen molar-refractivity contribution in [1.29, 1.82) is 0 Å². The molecule has 0 aromatic heterocycles. The summed E-state index contributed by atoms with van der Waals surface area (Å²) in [7, 11) is 6.38. The van der Waals surface area contributed by atoms with Crippen LogP contribution in [0.2, 0.25) is 0 Å². The first-order valence-corrected chi connectivity index (χ1v) is 5.18. The Morgan fingerprint density at radius 1 is 0.938 bits per heavy atom. The zero-order chi connectivity index (χ0) is 12.1. The molecule has 1 rings (SSSR count). The van der Waals surface area contributed by atoms with Crippen LogP contribution in [0.25, 0.3) is 0 Å². The minimum Gasteiger partial charge on any atom is -0.382 e. The minimum absolute atomic E-state index is 0.249. The maximum atomic E-state index is 5.85. The molecule has 6 nitrogen and oxygen atoms in total. The molecule has 0 saturated carbocycles. The summed E-state index contributed by atoms with van der Waals surface area (Å²) >= 11 is 0. The fourth-order valence-corrected chi connectivity index (χ4v) is 2.06. The second-order valence-electron chi connectivity index (χ2n) is 3.70. The predicted molar refractivity (Wildman–Crippen MR) is 57.1 cm³/mol. The summed E-state index contributed by atoms with van der Waals surface area (Å²) in [6, 6.07) is 0. The van der Waals surface area contributed by atoms with Gasteiger partial charge in [0.25, 0.3) is 0 Å². The third-order valence-corrected chi connectivity index (χ3v) is 2.82. The van der Waals surface area contributed by atoms with E-state index in [2.05, 4.69) is 0 Å². The lowest BCUT2D eigenvalue weighted by atomic mass is 9.98. The van der Waals surface area contributed by atoms with Gasteiger partial charge in [-0.1, -0.05) is 0 Å². The third-order valence-electron chi connectivity index (χ3n) is 2.82. The monoisotopic (exact) mass is 235 g/mol. The Hall–Kier alpha value is -0.240. The molecule has 6 heteroatoms. The first kappa shape index (κ1) is 13.8. The van der Waals surface area contributed by atoms with Crippen LogP contribution in [0.4, 0.5) is 0 Å². The van der Waals surface area contributed by atoms with Crippen molar-refractivity contribution in [1.82, 2.24) is 0 Å². The van der Waals surface area contributed by atoms with Gasteiger partial charge in [-0.25, -0.2) is 0 Å². The molecule has 1 aliphatic heterocycles. The highest BCUT2D eigenvalue weighted by atomic mass is 16.6. The van der Waals surface area contributed by atoms with Crippen molar-refractivity contribution in [3.8, 4) is 0 Å². The van der Waals surface area contributed by atoms with Crippen LogP contribution in [0.1, 0.15) is 0 Å². The smallest absolute Gasteiger partial charge is 0.135 e. The molecule has 0 unspecified atom stereocenters. The molecule has 0 aromatic carbocycles. The Bertz CT molecular complexity index is 204. The van der Waals surface area contributed by atoms with Gasteiger partial charge in [0.2, 0.25) is 0 Å². The highest BCUT2D eigenvalue weighted by Crippen LogP contribution is 2.25. The van der Waals surface area contributed by atoms with Crippen molar-refractivity contribution in [2.24, 2.45) is 5.73 Å². The van der Waals surface area contributed by atoms with Crippen LogP contribution < -0.4 is 5.73 Å². The normalized spacial score (nSPS) is 39.9. The molecule has 1 fully saturated rings. The molecule has 0 amide bonds. The molecular weight excluding hydrogens is 214 g/mol. The molecule has 5 atom stereocenters. The van der Waals surface area contributed by atoms with Gasteiger partial charge in [-0.05, 0) is 0 Å². The molecule has 0 spiro atoms. The number of hydrogen-bond donors (Lipinski definition) is 1. The second kappa shape index (κ2) is 6.48. The van der Waals surface area contributed by atoms with Crippen LogP contribution in [0, 0.1) is 0 Å². The zero-order valence-corrected chi connectivity index (χ0v) is 10.2. The second-order valence-corrected chi connectivity index (χ2v) is 3.70. The van der Waals surface area contributed by atoms with E-state index in [-0.39, 0.29) is 24.4 Å². The van der Waals surface area contributed by atoms with Crippen LogP contribution in [-0.4, -0.2) is 65.7 Å². The molecule has 0 aromatic rings. The van der Waals surface area contributed by atoms with Crippen LogP contribution in [0.15, 0.2) is 0 Å². The lowest BCUT2D eigenvalue weighted by Gasteiger charge is -2.43. The molecule has 1 heterocycles. The van der Waals surface area contributed by atoms with Gasteiger partial charge in [-0.2, -0.15) is 0 Å². The van der Waals surface area contributed by atoms with Crippen molar-refractivity contribution >= 4 is 0 Å². The zero-order valence-electron chi connectivity index (χ0n) is 10.2. The van der Waals surface area contributed by atoms with E-state index < -0.39 is 6.23 Å². The van der Waals surface area contributed by atoms with E-state index in [9.17, 15) is 0 Å². The number of hydrogen-bond acceptors (Lipinski definition) is 6.